The number of allylic oxidation sites excluding steroid dienone is 1. The number of thiophene rings is 1. The summed E-state index contributed by atoms with van der Waals surface area (Å²) in [5.41, 5.74) is 2.25. The van der Waals surface area contributed by atoms with Crippen molar-refractivity contribution in [3.63, 3.8) is 0 Å². The fourth-order valence-electron chi connectivity index (χ4n) is 2.77. The number of hydrogen-bond acceptors (Lipinski definition) is 2. The van der Waals surface area contributed by atoms with Crippen LogP contribution in [0.3, 0.4) is 0 Å². The van der Waals surface area contributed by atoms with Crippen molar-refractivity contribution in [2.75, 3.05) is 0 Å². The Labute approximate surface area is 138 Å². The average Bonchev–Trinajstić information content (AvgIpc) is 2.87. The first-order chi connectivity index (χ1) is 10.5. The normalized spacial score (nSPS) is 25.4. The van der Waals surface area contributed by atoms with E-state index in [9.17, 15) is 9.18 Å². The Kier molecular flexibility index (Phi) is 4.24. The summed E-state index contributed by atoms with van der Waals surface area (Å²) < 4.78 is 14.9. The molecule has 3 unspecified atom stereocenters. The van der Waals surface area contributed by atoms with E-state index in [0.29, 0.717) is 17.6 Å². The van der Waals surface area contributed by atoms with Gasteiger partial charge in [-0.3, -0.25) is 4.79 Å². The van der Waals surface area contributed by atoms with Crippen molar-refractivity contribution >= 4 is 38.9 Å². The van der Waals surface area contributed by atoms with Crippen molar-refractivity contribution in [3.8, 4) is 0 Å². The Morgan fingerprint density at radius 1 is 1.50 bits per heavy atom. The summed E-state index contributed by atoms with van der Waals surface area (Å²) in [6.07, 6.45) is -0.501. The molecule has 116 valence electrons. The zero-order chi connectivity index (χ0) is 15.9. The first-order valence-corrected chi connectivity index (χ1v) is 8.52. The van der Waals surface area contributed by atoms with Crippen LogP contribution in [-0.2, 0) is 0 Å². The van der Waals surface area contributed by atoms with E-state index in [0.717, 1.165) is 15.6 Å². The third-order valence-corrected chi connectivity index (χ3v) is 5.51. The van der Waals surface area contributed by atoms with Crippen LogP contribution >= 0.6 is 22.9 Å². The van der Waals surface area contributed by atoms with Gasteiger partial charge < -0.3 is 5.32 Å². The molecule has 1 heterocycles. The van der Waals surface area contributed by atoms with Crippen LogP contribution in [0.5, 0.6) is 0 Å². The highest BCUT2D eigenvalue weighted by Gasteiger charge is 2.33. The second kappa shape index (κ2) is 6.01. The number of alkyl halides is 2. The number of rotatable bonds is 2. The number of benzene rings is 1. The van der Waals surface area contributed by atoms with Gasteiger partial charge >= 0.3 is 0 Å². The molecule has 1 aromatic carbocycles. The van der Waals surface area contributed by atoms with E-state index in [2.05, 4.69) is 11.9 Å². The van der Waals surface area contributed by atoms with Crippen molar-refractivity contribution < 1.29 is 9.18 Å². The molecule has 1 fully saturated rings. The van der Waals surface area contributed by atoms with Crippen LogP contribution in [0.4, 0.5) is 4.39 Å². The van der Waals surface area contributed by atoms with E-state index < -0.39 is 6.17 Å². The fourth-order valence-corrected chi connectivity index (χ4v) is 4.06. The van der Waals surface area contributed by atoms with E-state index in [-0.39, 0.29) is 23.7 Å². The molecule has 2 aromatic rings. The van der Waals surface area contributed by atoms with E-state index in [4.69, 9.17) is 11.6 Å². The van der Waals surface area contributed by atoms with Crippen molar-refractivity contribution in [2.45, 2.75) is 37.4 Å². The van der Waals surface area contributed by atoms with E-state index >= 15 is 0 Å². The lowest BCUT2D eigenvalue weighted by Gasteiger charge is -2.31. The minimum absolute atomic E-state index is 0.188. The maximum absolute atomic E-state index is 13.8. The molecule has 0 bridgehead atoms. The van der Waals surface area contributed by atoms with Crippen LogP contribution in [0.25, 0.3) is 10.1 Å². The summed E-state index contributed by atoms with van der Waals surface area (Å²) >= 11 is 7.78. The lowest BCUT2D eigenvalue weighted by molar-refractivity contribution is 0.0926. The Bertz CT molecular complexity index is 741. The monoisotopic (exact) mass is 337 g/mol. The van der Waals surface area contributed by atoms with E-state index in [1.54, 1.807) is 0 Å². The Morgan fingerprint density at radius 3 is 3.05 bits per heavy atom. The molecule has 22 heavy (non-hydrogen) atoms. The molecule has 2 nitrogen and oxygen atoms in total. The number of carbonyl (C=O) groups is 1. The molecule has 0 aliphatic heterocycles. The van der Waals surface area contributed by atoms with Gasteiger partial charge in [0, 0.05) is 27.9 Å². The van der Waals surface area contributed by atoms with Crippen molar-refractivity contribution in [1.29, 1.82) is 0 Å². The van der Waals surface area contributed by atoms with Crippen LogP contribution < -0.4 is 5.32 Å². The summed E-state index contributed by atoms with van der Waals surface area (Å²) in [7, 11) is 0. The van der Waals surface area contributed by atoms with Crippen LogP contribution in [0.1, 0.15) is 28.8 Å². The second-order valence-electron chi connectivity index (χ2n) is 5.81. The second-order valence-corrected chi connectivity index (χ2v) is 7.28. The van der Waals surface area contributed by atoms with Gasteiger partial charge in [-0.1, -0.05) is 18.2 Å². The van der Waals surface area contributed by atoms with E-state index in [1.165, 1.54) is 11.3 Å². The van der Waals surface area contributed by atoms with Gasteiger partial charge in [0.2, 0.25) is 0 Å². The molecular weight excluding hydrogens is 321 g/mol. The van der Waals surface area contributed by atoms with Gasteiger partial charge in [-0.15, -0.1) is 22.9 Å². The number of hydrogen-bond donors (Lipinski definition) is 1. The van der Waals surface area contributed by atoms with E-state index in [1.807, 2.05) is 30.5 Å². The van der Waals surface area contributed by atoms with Crippen LogP contribution in [0.2, 0.25) is 0 Å². The maximum atomic E-state index is 13.8. The fraction of sp³-hybridized carbons (Fsp3) is 0.353. The average molecular weight is 338 g/mol. The van der Waals surface area contributed by atoms with Crippen LogP contribution in [-0.4, -0.2) is 23.5 Å². The number of carbonyl (C=O) groups excluding carboxylic acids is 1. The third-order valence-electron chi connectivity index (χ3n) is 4.09. The number of fused-ring (bicyclic) bond motifs is 1. The zero-order valence-corrected chi connectivity index (χ0v) is 13.8. The molecule has 1 amide bonds. The van der Waals surface area contributed by atoms with Gasteiger partial charge in [-0.2, -0.15) is 0 Å². The Balaban J connectivity index is 1.81. The smallest absolute Gasteiger partial charge is 0.253 e. The van der Waals surface area contributed by atoms with Crippen molar-refractivity contribution in [3.05, 3.63) is 46.9 Å². The van der Waals surface area contributed by atoms with Gasteiger partial charge in [0.1, 0.15) is 6.17 Å². The summed E-state index contributed by atoms with van der Waals surface area (Å²) in [4.78, 5) is 12.5. The Morgan fingerprint density at radius 2 is 2.27 bits per heavy atom. The standard InChI is InChI=1S/C17H17ClFNOS/c1-9-3-4-16-11(5-9)12(8-22-16)17(21)20-15-7-14(19)10(2)6-13(15)18/h3-5,8,13-15H,2,6-7H2,1H3,(H,20,21). The predicted molar refractivity (Wildman–Crippen MR) is 90.7 cm³/mol. The van der Waals surface area contributed by atoms with Gasteiger partial charge in [-0.05, 0) is 31.1 Å². The zero-order valence-electron chi connectivity index (χ0n) is 12.2. The minimum atomic E-state index is -1.10. The molecule has 1 aliphatic carbocycles. The van der Waals surface area contributed by atoms with Gasteiger partial charge in [0.25, 0.3) is 5.91 Å². The summed E-state index contributed by atoms with van der Waals surface area (Å²) in [6, 6.07) is 5.67. The Hall–Kier alpha value is -1.39. The molecule has 1 aliphatic rings. The number of halogens is 2. The topological polar surface area (TPSA) is 29.1 Å². The van der Waals surface area contributed by atoms with Gasteiger partial charge in [0.15, 0.2) is 0 Å². The highest BCUT2D eigenvalue weighted by atomic mass is 35.5. The first-order valence-electron chi connectivity index (χ1n) is 7.20. The lowest BCUT2D eigenvalue weighted by Crippen LogP contribution is -2.46. The summed E-state index contributed by atoms with van der Waals surface area (Å²) in [6.45, 7) is 5.68. The molecule has 0 spiro atoms. The van der Waals surface area contributed by atoms with Gasteiger partial charge in [-0.25, -0.2) is 4.39 Å². The first kappa shape index (κ1) is 15.5. The molecule has 1 N–H and O–H groups in total. The molecule has 3 rings (SSSR count). The largest absolute Gasteiger partial charge is 0.348 e. The quantitative estimate of drug-likeness (QED) is 0.629. The van der Waals surface area contributed by atoms with Crippen LogP contribution in [0, 0.1) is 6.92 Å². The lowest BCUT2D eigenvalue weighted by atomic mass is 9.89. The molecule has 1 saturated carbocycles. The summed E-state index contributed by atoms with van der Waals surface area (Å²) in [5.74, 6) is -0.188. The number of aryl methyl sites for hydroxylation is 1. The maximum Gasteiger partial charge on any atom is 0.253 e. The molecule has 3 atom stereocenters. The number of amides is 1. The third kappa shape index (κ3) is 2.90. The van der Waals surface area contributed by atoms with Crippen molar-refractivity contribution in [2.24, 2.45) is 0 Å². The molecule has 1 aromatic heterocycles. The highest BCUT2D eigenvalue weighted by molar-refractivity contribution is 7.17. The van der Waals surface area contributed by atoms with Crippen LogP contribution in [0.15, 0.2) is 35.7 Å². The van der Waals surface area contributed by atoms with Gasteiger partial charge in [0.05, 0.1) is 10.9 Å². The minimum Gasteiger partial charge on any atom is -0.348 e. The molecule has 0 radical (unpaired) electrons. The molecular formula is C17H17ClFNOS. The number of nitrogens with one attached hydrogen (secondary N) is 1. The predicted octanol–water partition coefficient (Wildman–Crippen LogP) is 4.60. The highest BCUT2D eigenvalue weighted by Crippen LogP contribution is 2.31. The SMILES string of the molecule is C=C1CC(Cl)C(NC(=O)c2csc3ccc(C)cc23)CC1F. The summed E-state index contributed by atoms with van der Waals surface area (Å²) in [5, 5.41) is 5.36. The molecule has 5 heteroatoms. The molecule has 0 saturated heterocycles. The van der Waals surface area contributed by atoms with Crippen molar-refractivity contribution in [1.82, 2.24) is 5.32 Å².